The zero-order valence-electron chi connectivity index (χ0n) is 42.7. The molecule has 2 aliphatic heterocycles. The lowest BCUT2D eigenvalue weighted by Crippen LogP contribution is -2.49. The van der Waals surface area contributed by atoms with Crippen molar-refractivity contribution in [3.8, 4) is 28.6 Å². The van der Waals surface area contributed by atoms with Crippen molar-refractivity contribution in [1.82, 2.24) is 55.2 Å². The largest absolute Gasteiger partial charge is 0.508 e. The molecule has 2 aliphatic rings. The Bertz CT molecular complexity index is 2600. The number of carbonyl (C=O) groups excluding carboxylic acids is 4. The molecule has 3 aromatic carbocycles. The topological polar surface area (TPSA) is 304 Å². The van der Waals surface area contributed by atoms with Crippen molar-refractivity contribution >= 4 is 41.5 Å². The molecule has 0 saturated carbocycles. The highest BCUT2D eigenvalue weighted by Gasteiger charge is 2.27. The van der Waals surface area contributed by atoms with Crippen LogP contribution in [0.25, 0.3) is 17.1 Å². The Morgan fingerprint density at radius 1 is 0.600 bits per heavy atom. The van der Waals surface area contributed by atoms with Crippen LogP contribution < -0.4 is 16.0 Å². The second-order valence-corrected chi connectivity index (χ2v) is 19.4. The number of aromatic hydroxyl groups is 2. The molecule has 0 atom stereocenters. The highest BCUT2D eigenvalue weighted by atomic mass is 16.4. The van der Waals surface area contributed by atoms with Gasteiger partial charge in [0.1, 0.15) is 11.5 Å². The minimum absolute atomic E-state index is 0.0256. The van der Waals surface area contributed by atoms with Gasteiger partial charge in [-0.25, -0.2) is 0 Å². The second kappa shape index (κ2) is 27.2. The van der Waals surface area contributed by atoms with Crippen molar-refractivity contribution in [1.29, 1.82) is 0 Å². The van der Waals surface area contributed by atoms with E-state index in [9.17, 15) is 59.1 Å². The average molecular weight is 1040 g/mol. The van der Waals surface area contributed by atoms with Gasteiger partial charge in [-0.3, -0.25) is 57.7 Å². The number of carbonyl (C=O) groups is 7. The molecule has 23 nitrogen and oxygen atoms in total. The van der Waals surface area contributed by atoms with E-state index in [-0.39, 0.29) is 132 Å². The summed E-state index contributed by atoms with van der Waals surface area (Å²) in [7, 11) is 0. The van der Waals surface area contributed by atoms with Gasteiger partial charge >= 0.3 is 17.9 Å². The predicted octanol–water partition coefficient (Wildman–Crippen LogP) is 1.52. The number of likely N-dealkylation sites (tertiary alicyclic amines) is 1. The number of carboxylic acids is 3. The van der Waals surface area contributed by atoms with E-state index in [1.165, 1.54) is 6.07 Å². The first-order valence-corrected chi connectivity index (χ1v) is 25.2. The molecular formula is C52H69N11O12. The molecule has 23 heteroatoms. The predicted molar refractivity (Wildman–Crippen MR) is 275 cm³/mol. The first kappa shape index (κ1) is 56.8. The van der Waals surface area contributed by atoms with Crippen LogP contribution in [0.15, 0.2) is 60.7 Å². The highest BCUT2D eigenvalue weighted by molar-refractivity contribution is 5.94. The standard InChI is InChI=1S/C52H69N11O12/c1-34(2)41-27-42(44(66)28-43(41)65)49-56-57-50(63(49)40-10-6-36(7-11-40)26-37-12-16-62(17-13-37)35(3)64)52(75)54-15-14-53-51(74)39-8-4-38(5-9-39)29-55-45(67)30-58-18-20-59(31-46(68)69)22-24-61(33-48(72)73)25-23-60(21-19-58)32-47(70)71/h4-11,27-28,34,37,65-66H,12-26,29-33H2,1-3H3,(H,53,74)(H,54,75)(H,55,67)(H,68,69)(H,70,71)(H,72,73). The van der Waals surface area contributed by atoms with Crippen molar-refractivity contribution < 1.29 is 59.1 Å². The van der Waals surface area contributed by atoms with E-state index in [1.807, 2.05) is 47.9 Å². The van der Waals surface area contributed by atoms with E-state index < -0.39 is 29.7 Å². The van der Waals surface area contributed by atoms with Crippen molar-refractivity contribution in [3.05, 3.63) is 88.7 Å². The lowest BCUT2D eigenvalue weighted by atomic mass is 9.90. The molecule has 3 heterocycles. The number of aromatic nitrogens is 3. The van der Waals surface area contributed by atoms with Crippen molar-refractivity contribution in [2.45, 2.75) is 52.5 Å². The summed E-state index contributed by atoms with van der Waals surface area (Å²) < 4.78 is 1.54. The van der Waals surface area contributed by atoms with Crippen LogP contribution in [0.4, 0.5) is 0 Å². The molecule has 75 heavy (non-hydrogen) atoms. The van der Waals surface area contributed by atoms with Crippen LogP contribution in [0, 0.1) is 5.92 Å². The van der Waals surface area contributed by atoms with Gasteiger partial charge in [-0.15, -0.1) is 10.2 Å². The van der Waals surface area contributed by atoms with E-state index in [1.54, 1.807) is 56.5 Å². The molecule has 0 bridgehead atoms. The third-order valence-electron chi connectivity index (χ3n) is 13.4. The quantitative estimate of drug-likeness (QED) is 0.0582. The number of phenols is 2. The lowest BCUT2D eigenvalue weighted by Gasteiger charge is -2.32. The number of amides is 4. The number of aliphatic carboxylic acids is 3. The smallest absolute Gasteiger partial charge is 0.317 e. The van der Waals surface area contributed by atoms with E-state index in [4.69, 9.17) is 0 Å². The molecule has 1 aromatic heterocycles. The van der Waals surface area contributed by atoms with Crippen LogP contribution in [-0.4, -0.2) is 211 Å². The first-order valence-electron chi connectivity index (χ1n) is 25.2. The summed E-state index contributed by atoms with van der Waals surface area (Å²) in [6, 6.07) is 17.1. The molecule has 0 radical (unpaired) electrons. The minimum Gasteiger partial charge on any atom is -0.508 e. The van der Waals surface area contributed by atoms with Gasteiger partial charge < -0.3 is 46.4 Å². The van der Waals surface area contributed by atoms with Crippen LogP contribution in [-0.2, 0) is 36.9 Å². The number of carboxylic acid groups (broad SMARTS) is 3. The highest BCUT2D eigenvalue weighted by Crippen LogP contribution is 2.38. The summed E-state index contributed by atoms with van der Waals surface area (Å²) in [5.41, 5.74) is 3.52. The Hall–Kier alpha value is -7.47. The van der Waals surface area contributed by atoms with Gasteiger partial charge in [0.2, 0.25) is 17.6 Å². The van der Waals surface area contributed by atoms with Gasteiger partial charge in [-0.05, 0) is 78.1 Å². The summed E-state index contributed by atoms with van der Waals surface area (Å²) >= 11 is 0. The zero-order chi connectivity index (χ0) is 54.2. The number of phenolic OH excluding ortho intramolecular Hbond substituents is 2. The number of rotatable bonds is 20. The summed E-state index contributed by atoms with van der Waals surface area (Å²) in [5, 5.41) is 67.1. The number of benzene rings is 3. The van der Waals surface area contributed by atoms with E-state index >= 15 is 0 Å². The number of hydrogen-bond donors (Lipinski definition) is 8. The van der Waals surface area contributed by atoms with E-state index in [0.717, 1.165) is 37.9 Å². The van der Waals surface area contributed by atoms with Gasteiger partial charge in [-0.1, -0.05) is 38.1 Å². The molecule has 2 saturated heterocycles. The third-order valence-corrected chi connectivity index (χ3v) is 13.4. The Morgan fingerprint density at radius 2 is 1.09 bits per heavy atom. The molecule has 0 aliphatic carbocycles. The summed E-state index contributed by atoms with van der Waals surface area (Å²) in [5.74, 6) is -4.28. The monoisotopic (exact) mass is 1040 g/mol. The van der Waals surface area contributed by atoms with Crippen molar-refractivity contribution in [2.24, 2.45) is 5.92 Å². The Labute approximate surface area is 435 Å². The fourth-order valence-electron chi connectivity index (χ4n) is 9.20. The van der Waals surface area contributed by atoms with Crippen LogP contribution in [0.2, 0.25) is 0 Å². The van der Waals surface area contributed by atoms with Gasteiger partial charge in [0.15, 0.2) is 5.82 Å². The molecule has 4 aromatic rings. The Morgan fingerprint density at radius 3 is 1.59 bits per heavy atom. The normalized spacial score (nSPS) is 15.9. The minimum atomic E-state index is -1.05. The first-order chi connectivity index (χ1) is 35.8. The van der Waals surface area contributed by atoms with Crippen LogP contribution in [0.3, 0.4) is 0 Å². The number of nitrogens with zero attached hydrogens (tertiary/aromatic N) is 8. The number of hydrogen-bond acceptors (Lipinski definition) is 15. The van der Waals surface area contributed by atoms with Crippen molar-refractivity contribution in [3.63, 3.8) is 0 Å². The van der Waals surface area contributed by atoms with Gasteiger partial charge in [0, 0.05) is 109 Å². The molecule has 404 valence electrons. The molecule has 6 rings (SSSR count). The van der Waals surface area contributed by atoms with Gasteiger partial charge in [0.25, 0.3) is 11.8 Å². The SMILES string of the molecule is CC(=O)N1CCC(Cc2ccc(-n3c(C(=O)NCCNC(=O)c4ccc(CNC(=O)CN5CCN(CC(=O)O)CCN(CC(=O)O)CCN(CC(=O)O)CC5)cc4)nnc3-c3cc(C(C)C)c(O)cc3O)cc2)CC1. The van der Waals surface area contributed by atoms with Crippen LogP contribution in [0.5, 0.6) is 11.5 Å². The molecule has 4 amide bonds. The summed E-state index contributed by atoms with van der Waals surface area (Å²) in [6.07, 6.45) is 2.63. The van der Waals surface area contributed by atoms with E-state index in [0.29, 0.717) is 41.4 Å². The molecular weight excluding hydrogens is 971 g/mol. The summed E-state index contributed by atoms with van der Waals surface area (Å²) in [4.78, 5) is 95.5. The lowest BCUT2D eigenvalue weighted by molar-refractivity contribution is -0.140. The maximum Gasteiger partial charge on any atom is 0.317 e. The Kier molecular flexibility index (Phi) is 20.6. The third kappa shape index (κ3) is 17.0. The molecule has 2 fully saturated rings. The van der Waals surface area contributed by atoms with Gasteiger partial charge in [-0.2, -0.15) is 0 Å². The maximum absolute atomic E-state index is 13.8. The number of nitrogens with one attached hydrogen (secondary N) is 3. The molecule has 0 unspecified atom stereocenters. The summed E-state index contributed by atoms with van der Waals surface area (Å²) in [6.45, 7) is 8.35. The number of piperidine rings is 1. The molecule has 0 spiro atoms. The maximum atomic E-state index is 13.8. The Balaban J connectivity index is 1.03. The second-order valence-electron chi connectivity index (χ2n) is 19.4. The fourth-order valence-corrected chi connectivity index (χ4v) is 9.20. The fraction of sp³-hybridized carbons (Fsp3) is 0.481. The van der Waals surface area contributed by atoms with Crippen LogP contribution >= 0.6 is 0 Å². The average Bonchev–Trinajstić information content (AvgIpc) is 3.80. The zero-order valence-corrected chi connectivity index (χ0v) is 42.7. The van der Waals surface area contributed by atoms with Crippen LogP contribution in [0.1, 0.15) is 77.2 Å². The molecule has 8 N–H and O–H groups in total. The van der Waals surface area contributed by atoms with E-state index in [2.05, 4.69) is 26.1 Å². The van der Waals surface area contributed by atoms with Crippen molar-refractivity contribution in [2.75, 3.05) is 105 Å². The van der Waals surface area contributed by atoms with Gasteiger partial charge in [0.05, 0.1) is 31.7 Å².